The van der Waals surface area contributed by atoms with Crippen LogP contribution in [0.4, 0.5) is 0 Å². The second kappa shape index (κ2) is 5.15. The summed E-state index contributed by atoms with van der Waals surface area (Å²) in [6, 6.07) is 2.15. The average molecular weight is 212 g/mol. The molecule has 14 heavy (non-hydrogen) atoms. The molecule has 1 heterocycles. The van der Waals surface area contributed by atoms with Gasteiger partial charge in [-0.3, -0.25) is 4.79 Å². The van der Waals surface area contributed by atoms with Crippen molar-refractivity contribution in [2.75, 3.05) is 6.61 Å². The molecular weight excluding hydrogens is 196 g/mol. The molecule has 0 radical (unpaired) electrons. The first-order valence-electron chi connectivity index (χ1n) is 4.85. The largest absolute Gasteiger partial charge is 0.466 e. The first-order valence-corrected chi connectivity index (χ1v) is 5.66. The van der Waals surface area contributed by atoms with Crippen LogP contribution in [-0.4, -0.2) is 12.6 Å². The van der Waals surface area contributed by atoms with E-state index < -0.39 is 0 Å². The van der Waals surface area contributed by atoms with E-state index in [1.54, 1.807) is 11.3 Å². The minimum Gasteiger partial charge on any atom is -0.466 e. The van der Waals surface area contributed by atoms with Crippen molar-refractivity contribution in [1.82, 2.24) is 0 Å². The average Bonchev–Trinajstić information content (AvgIpc) is 2.42. The monoisotopic (exact) mass is 212 g/mol. The van der Waals surface area contributed by atoms with Gasteiger partial charge in [0.1, 0.15) is 0 Å². The summed E-state index contributed by atoms with van der Waals surface area (Å²) in [5.41, 5.74) is 1.28. The Morgan fingerprint density at radius 3 is 2.71 bits per heavy atom. The molecule has 0 bridgehead atoms. The van der Waals surface area contributed by atoms with Gasteiger partial charge in [-0.25, -0.2) is 0 Å². The van der Waals surface area contributed by atoms with Gasteiger partial charge < -0.3 is 4.74 Å². The SMILES string of the molecule is CCOC(=O)CCc1cc(C)sc1C. The number of hydrogen-bond acceptors (Lipinski definition) is 3. The van der Waals surface area contributed by atoms with Crippen LogP contribution in [0.1, 0.15) is 28.7 Å². The molecule has 1 aromatic heterocycles. The van der Waals surface area contributed by atoms with E-state index in [1.807, 2.05) is 6.92 Å². The van der Waals surface area contributed by atoms with E-state index in [9.17, 15) is 4.79 Å². The summed E-state index contributed by atoms with van der Waals surface area (Å²) >= 11 is 1.78. The summed E-state index contributed by atoms with van der Waals surface area (Å²) in [6.07, 6.45) is 1.29. The van der Waals surface area contributed by atoms with Crippen LogP contribution in [0.15, 0.2) is 6.07 Å². The van der Waals surface area contributed by atoms with Crippen molar-refractivity contribution in [1.29, 1.82) is 0 Å². The summed E-state index contributed by atoms with van der Waals surface area (Å²) < 4.78 is 4.87. The van der Waals surface area contributed by atoms with Gasteiger partial charge in [-0.05, 0) is 38.8 Å². The summed E-state index contributed by atoms with van der Waals surface area (Å²) in [4.78, 5) is 13.7. The first kappa shape index (κ1) is 11.2. The normalized spacial score (nSPS) is 10.2. The molecule has 0 aliphatic rings. The smallest absolute Gasteiger partial charge is 0.306 e. The highest BCUT2D eigenvalue weighted by Gasteiger charge is 2.06. The predicted octanol–water partition coefficient (Wildman–Crippen LogP) is 2.86. The fourth-order valence-electron chi connectivity index (χ4n) is 1.40. The zero-order valence-electron chi connectivity index (χ0n) is 8.92. The maximum absolute atomic E-state index is 11.1. The van der Waals surface area contributed by atoms with Crippen molar-refractivity contribution in [3.8, 4) is 0 Å². The van der Waals surface area contributed by atoms with E-state index >= 15 is 0 Å². The zero-order valence-corrected chi connectivity index (χ0v) is 9.74. The second-order valence-electron chi connectivity index (χ2n) is 3.24. The lowest BCUT2D eigenvalue weighted by Gasteiger charge is -2.00. The summed E-state index contributed by atoms with van der Waals surface area (Å²) in [7, 11) is 0. The van der Waals surface area contributed by atoms with Crippen LogP contribution in [0.25, 0.3) is 0 Å². The highest BCUT2D eigenvalue weighted by atomic mass is 32.1. The highest BCUT2D eigenvalue weighted by Crippen LogP contribution is 2.21. The van der Waals surface area contributed by atoms with Crippen molar-refractivity contribution < 1.29 is 9.53 Å². The van der Waals surface area contributed by atoms with Gasteiger partial charge in [-0.2, -0.15) is 0 Å². The lowest BCUT2D eigenvalue weighted by atomic mass is 10.1. The lowest BCUT2D eigenvalue weighted by molar-refractivity contribution is -0.143. The molecule has 0 aromatic carbocycles. The van der Waals surface area contributed by atoms with Crippen molar-refractivity contribution in [2.45, 2.75) is 33.6 Å². The third kappa shape index (κ3) is 3.14. The lowest BCUT2D eigenvalue weighted by Crippen LogP contribution is -2.05. The van der Waals surface area contributed by atoms with Gasteiger partial charge in [0.2, 0.25) is 0 Å². The number of hydrogen-bond donors (Lipinski definition) is 0. The summed E-state index contributed by atoms with van der Waals surface area (Å²) in [6.45, 7) is 6.49. The van der Waals surface area contributed by atoms with Gasteiger partial charge in [-0.15, -0.1) is 11.3 Å². The molecule has 0 spiro atoms. The molecule has 0 aliphatic carbocycles. The van der Waals surface area contributed by atoms with E-state index in [0.717, 1.165) is 6.42 Å². The Bertz CT molecular complexity index is 315. The number of aryl methyl sites for hydroxylation is 3. The Kier molecular flexibility index (Phi) is 4.14. The van der Waals surface area contributed by atoms with Gasteiger partial charge in [0.05, 0.1) is 6.61 Å². The first-order chi connectivity index (χ1) is 6.63. The summed E-state index contributed by atoms with van der Waals surface area (Å²) in [5, 5.41) is 0. The molecule has 0 atom stereocenters. The van der Waals surface area contributed by atoms with Crippen LogP contribution >= 0.6 is 11.3 Å². The van der Waals surface area contributed by atoms with Crippen molar-refractivity contribution >= 4 is 17.3 Å². The molecule has 1 aromatic rings. The van der Waals surface area contributed by atoms with Gasteiger partial charge in [0.15, 0.2) is 0 Å². The molecule has 0 N–H and O–H groups in total. The molecule has 0 saturated carbocycles. The molecule has 0 aliphatic heterocycles. The van der Waals surface area contributed by atoms with Crippen LogP contribution in [-0.2, 0) is 16.0 Å². The van der Waals surface area contributed by atoms with Crippen molar-refractivity contribution in [3.05, 3.63) is 21.4 Å². The van der Waals surface area contributed by atoms with Crippen LogP contribution in [0.2, 0.25) is 0 Å². The van der Waals surface area contributed by atoms with Crippen LogP contribution < -0.4 is 0 Å². The van der Waals surface area contributed by atoms with Crippen LogP contribution in [0, 0.1) is 13.8 Å². The molecular formula is C11H16O2S. The van der Waals surface area contributed by atoms with E-state index in [4.69, 9.17) is 4.74 Å². The van der Waals surface area contributed by atoms with E-state index in [2.05, 4.69) is 19.9 Å². The Morgan fingerprint density at radius 1 is 1.50 bits per heavy atom. The van der Waals surface area contributed by atoms with Gasteiger partial charge in [-0.1, -0.05) is 0 Å². The maximum atomic E-state index is 11.1. The standard InChI is InChI=1S/C11H16O2S/c1-4-13-11(12)6-5-10-7-8(2)14-9(10)3/h7H,4-6H2,1-3H3. The van der Waals surface area contributed by atoms with E-state index in [-0.39, 0.29) is 5.97 Å². The van der Waals surface area contributed by atoms with Gasteiger partial charge in [0.25, 0.3) is 0 Å². The number of ether oxygens (including phenoxy) is 1. The second-order valence-corrected chi connectivity index (χ2v) is 4.70. The topological polar surface area (TPSA) is 26.3 Å². The Labute approximate surface area is 88.9 Å². The predicted molar refractivity (Wildman–Crippen MR) is 58.7 cm³/mol. The fourth-order valence-corrected chi connectivity index (χ4v) is 2.38. The van der Waals surface area contributed by atoms with Crippen molar-refractivity contribution in [2.24, 2.45) is 0 Å². The summed E-state index contributed by atoms with van der Waals surface area (Å²) in [5.74, 6) is -0.101. The van der Waals surface area contributed by atoms with Gasteiger partial charge in [0, 0.05) is 16.2 Å². The molecule has 0 unspecified atom stereocenters. The molecule has 78 valence electrons. The third-order valence-electron chi connectivity index (χ3n) is 2.05. The molecule has 0 amide bonds. The quantitative estimate of drug-likeness (QED) is 0.717. The molecule has 1 rings (SSSR count). The number of thiophene rings is 1. The molecule has 0 saturated heterocycles. The minimum atomic E-state index is -0.101. The van der Waals surface area contributed by atoms with E-state index in [0.29, 0.717) is 13.0 Å². The Hall–Kier alpha value is -0.830. The maximum Gasteiger partial charge on any atom is 0.306 e. The Morgan fingerprint density at radius 2 is 2.21 bits per heavy atom. The fraction of sp³-hybridized carbons (Fsp3) is 0.545. The van der Waals surface area contributed by atoms with Gasteiger partial charge >= 0.3 is 5.97 Å². The highest BCUT2D eigenvalue weighted by molar-refractivity contribution is 7.12. The Balaban J connectivity index is 2.45. The van der Waals surface area contributed by atoms with Crippen LogP contribution in [0.5, 0.6) is 0 Å². The molecule has 3 heteroatoms. The number of carbonyl (C=O) groups is 1. The molecule has 2 nitrogen and oxygen atoms in total. The molecule has 0 fully saturated rings. The number of carbonyl (C=O) groups excluding carboxylic acids is 1. The number of rotatable bonds is 4. The van der Waals surface area contributed by atoms with Crippen LogP contribution in [0.3, 0.4) is 0 Å². The third-order valence-corrected chi connectivity index (χ3v) is 3.06. The van der Waals surface area contributed by atoms with E-state index in [1.165, 1.54) is 15.3 Å². The van der Waals surface area contributed by atoms with Crippen molar-refractivity contribution in [3.63, 3.8) is 0 Å². The minimum absolute atomic E-state index is 0.101. The number of esters is 1. The zero-order chi connectivity index (χ0) is 10.6.